The summed E-state index contributed by atoms with van der Waals surface area (Å²) in [6.07, 6.45) is 1.89. The van der Waals surface area contributed by atoms with E-state index in [1.165, 1.54) is 11.0 Å². The summed E-state index contributed by atoms with van der Waals surface area (Å²) in [5.41, 5.74) is 1.25. The average Bonchev–Trinajstić information content (AvgIpc) is 3.23. The summed E-state index contributed by atoms with van der Waals surface area (Å²) < 4.78 is 5.32. The molecular weight excluding hydrogens is 372 g/mol. The highest BCUT2D eigenvalue weighted by molar-refractivity contribution is 5.98. The first-order valence-corrected chi connectivity index (χ1v) is 9.33. The fourth-order valence-electron chi connectivity index (χ4n) is 3.14. The predicted octanol–water partition coefficient (Wildman–Crippen LogP) is 3.03. The van der Waals surface area contributed by atoms with E-state index >= 15 is 0 Å². The Labute approximate surface area is 168 Å². The number of likely N-dealkylation sites (tertiary alicyclic amines) is 1. The molecule has 1 atom stereocenters. The monoisotopic (exact) mass is 394 g/mol. The summed E-state index contributed by atoms with van der Waals surface area (Å²) in [4.78, 5) is 38.0. The van der Waals surface area contributed by atoms with Crippen LogP contribution >= 0.6 is 0 Å². The maximum atomic E-state index is 12.7. The van der Waals surface area contributed by atoms with Crippen molar-refractivity contribution in [1.82, 2.24) is 10.2 Å². The topological polar surface area (TPSA) is 95.9 Å². The van der Waals surface area contributed by atoms with Crippen molar-refractivity contribution in [2.45, 2.75) is 25.5 Å². The van der Waals surface area contributed by atoms with Crippen molar-refractivity contribution in [2.24, 2.45) is 0 Å². The van der Waals surface area contributed by atoms with Crippen LogP contribution in [-0.4, -0.2) is 40.6 Å². The van der Waals surface area contributed by atoms with Crippen LogP contribution in [-0.2, 0) is 20.9 Å². The van der Waals surface area contributed by atoms with Crippen LogP contribution in [0.5, 0.6) is 0 Å². The molecule has 0 aromatic heterocycles. The molecule has 1 heterocycles. The Kier molecular flexibility index (Phi) is 6.63. The molecule has 1 aliphatic rings. The Hall–Kier alpha value is -3.61. The molecule has 0 unspecified atom stereocenters. The summed E-state index contributed by atoms with van der Waals surface area (Å²) in [6, 6.07) is 17.3. The zero-order valence-electron chi connectivity index (χ0n) is 15.8. The molecule has 1 saturated heterocycles. The van der Waals surface area contributed by atoms with Crippen LogP contribution in [0.2, 0.25) is 0 Å². The van der Waals surface area contributed by atoms with Gasteiger partial charge in [-0.25, -0.2) is 9.59 Å². The van der Waals surface area contributed by atoms with Gasteiger partial charge in [-0.1, -0.05) is 60.7 Å². The van der Waals surface area contributed by atoms with Crippen molar-refractivity contribution < 1.29 is 24.2 Å². The van der Waals surface area contributed by atoms with Crippen LogP contribution in [0.15, 0.2) is 66.4 Å². The summed E-state index contributed by atoms with van der Waals surface area (Å²) in [6.45, 7) is 0.495. The molecule has 1 aliphatic heterocycles. The van der Waals surface area contributed by atoms with Crippen molar-refractivity contribution in [3.05, 3.63) is 77.5 Å². The van der Waals surface area contributed by atoms with Crippen LogP contribution in [0.3, 0.4) is 0 Å². The smallest absolute Gasteiger partial charge is 0.410 e. The number of carboxylic acid groups (broad SMARTS) is 1. The second-order valence-electron chi connectivity index (χ2n) is 6.65. The van der Waals surface area contributed by atoms with Gasteiger partial charge in [0.05, 0.1) is 0 Å². The molecule has 2 N–H and O–H groups in total. The minimum atomic E-state index is -1.25. The molecule has 0 saturated carbocycles. The number of rotatable bonds is 6. The first-order valence-electron chi connectivity index (χ1n) is 9.33. The summed E-state index contributed by atoms with van der Waals surface area (Å²) in [5.74, 6) is -1.79. The summed E-state index contributed by atoms with van der Waals surface area (Å²) in [7, 11) is 0. The number of aliphatic carboxylic acids is 1. The van der Waals surface area contributed by atoms with Crippen LogP contribution in [0.25, 0.3) is 6.08 Å². The number of amides is 2. The van der Waals surface area contributed by atoms with Gasteiger partial charge in [-0.15, -0.1) is 0 Å². The molecule has 0 spiro atoms. The fourth-order valence-corrected chi connectivity index (χ4v) is 3.14. The molecule has 2 aromatic rings. The second-order valence-corrected chi connectivity index (χ2v) is 6.65. The number of carbonyl (C=O) groups excluding carboxylic acids is 2. The molecule has 0 aliphatic carbocycles. The average molecular weight is 394 g/mol. The van der Waals surface area contributed by atoms with Crippen molar-refractivity contribution in [1.29, 1.82) is 0 Å². The van der Waals surface area contributed by atoms with Gasteiger partial charge in [0.2, 0.25) is 5.91 Å². The lowest BCUT2D eigenvalue weighted by molar-refractivity contribution is -0.135. The number of ether oxygens (including phenoxy) is 1. The number of nitrogens with zero attached hydrogens (tertiary/aromatic N) is 1. The van der Waals surface area contributed by atoms with Crippen LogP contribution in [0, 0.1) is 0 Å². The van der Waals surface area contributed by atoms with E-state index in [1.54, 1.807) is 24.3 Å². The van der Waals surface area contributed by atoms with Gasteiger partial charge < -0.3 is 15.2 Å². The molecule has 2 aromatic carbocycles. The molecule has 1 fully saturated rings. The van der Waals surface area contributed by atoms with E-state index in [4.69, 9.17) is 4.74 Å². The third-order valence-electron chi connectivity index (χ3n) is 4.59. The van der Waals surface area contributed by atoms with Gasteiger partial charge in [-0.2, -0.15) is 0 Å². The normalized spacial score (nSPS) is 16.3. The van der Waals surface area contributed by atoms with Crippen molar-refractivity contribution in [2.75, 3.05) is 6.54 Å². The first kappa shape index (κ1) is 20.1. The van der Waals surface area contributed by atoms with Gasteiger partial charge in [-0.05, 0) is 30.0 Å². The number of hydrogen-bond donors (Lipinski definition) is 2. The number of carboxylic acids is 1. The van der Waals surface area contributed by atoms with E-state index in [0.717, 1.165) is 5.56 Å². The standard InChI is InChI=1S/C22H22N2O5/c25-20(23-18(21(26)27)14-16-8-3-1-4-9-16)19-12-7-13-24(19)22(28)29-15-17-10-5-2-6-11-17/h1-6,8-11,14,19H,7,12-13,15H2,(H,23,25)(H,26,27)/t19-/m0/s1. The van der Waals surface area contributed by atoms with Gasteiger partial charge in [0.25, 0.3) is 0 Å². The van der Waals surface area contributed by atoms with Gasteiger partial charge in [0.15, 0.2) is 0 Å². The molecule has 150 valence electrons. The van der Waals surface area contributed by atoms with Gasteiger partial charge >= 0.3 is 12.1 Å². The summed E-state index contributed by atoms with van der Waals surface area (Å²) in [5, 5.41) is 11.9. The highest BCUT2D eigenvalue weighted by atomic mass is 16.6. The van der Waals surface area contributed by atoms with Crippen LogP contribution in [0.4, 0.5) is 4.79 Å². The van der Waals surface area contributed by atoms with E-state index in [1.807, 2.05) is 36.4 Å². The molecular formula is C22H22N2O5. The molecule has 7 heteroatoms. The Balaban J connectivity index is 1.64. The van der Waals surface area contributed by atoms with Gasteiger partial charge in [0.1, 0.15) is 18.3 Å². The second kappa shape index (κ2) is 9.54. The van der Waals surface area contributed by atoms with Crippen molar-refractivity contribution in [3.63, 3.8) is 0 Å². The lowest BCUT2D eigenvalue weighted by Gasteiger charge is -2.23. The SMILES string of the molecule is O=C(O)C(=Cc1ccccc1)NC(=O)[C@@H]1CCCN1C(=O)OCc1ccccc1. The predicted molar refractivity (Wildman–Crippen MR) is 107 cm³/mol. The van der Waals surface area contributed by atoms with E-state index in [0.29, 0.717) is 24.9 Å². The maximum absolute atomic E-state index is 12.7. The number of carbonyl (C=O) groups is 3. The Morgan fingerprint density at radius 2 is 1.72 bits per heavy atom. The zero-order chi connectivity index (χ0) is 20.6. The van der Waals surface area contributed by atoms with Crippen molar-refractivity contribution >= 4 is 24.0 Å². The van der Waals surface area contributed by atoms with E-state index < -0.39 is 24.0 Å². The largest absolute Gasteiger partial charge is 0.477 e. The molecule has 0 bridgehead atoms. The number of benzene rings is 2. The molecule has 29 heavy (non-hydrogen) atoms. The van der Waals surface area contributed by atoms with Gasteiger partial charge in [-0.3, -0.25) is 9.69 Å². The third kappa shape index (κ3) is 5.44. The lowest BCUT2D eigenvalue weighted by Crippen LogP contribution is -2.46. The highest BCUT2D eigenvalue weighted by Gasteiger charge is 2.35. The van der Waals surface area contributed by atoms with E-state index in [-0.39, 0.29) is 12.3 Å². The minimum absolute atomic E-state index is 0.110. The quantitative estimate of drug-likeness (QED) is 0.734. The molecule has 2 amide bonds. The maximum Gasteiger partial charge on any atom is 0.410 e. The molecule has 7 nitrogen and oxygen atoms in total. The van der Waals surface area contributed by atoms with E-state index in [9.17, 15) is 19.5 Å². The Bertz CT molecular complexity index is 896. The Morgan fingerprint density at radius 1 is 1.07 bits per heavy atom. The van der Waals surface area contributed by atoms with Crippen molar-refractivity contribution in [3.8, 4) is 0 Å². The highest BCUT2D eigenvalue weighted by Crippen LogP contribution is 2.20. The summed E-state index contributed by atoms with van der Waals surface area (Å²) >= 11 is 0. The molecule has 3 rings (SSSR count). The van der Waals surface area contributed by atoms with Crippen LogP contribution in [0.1, 0.15) is 24.0 Å². The third-order valence-corrected chi connectivity index (χ3v) is 4.59. The number of hydrogen-bond acceptors (Lipinski definition) is 4. The number of nitrogens with one attached hydrogen (secondary N) is 1. The fraction of sp³-hybridized carbons (Fsp3) is 0.227. The minimum Gasteiger partial charge on any atom is -0.477 e. The Morgan fingerprint density at radius 3 is 2.38 bits per heavy atom. The zero-order valence-corrected chi connectivity index (χ0v) is 15.8. The molecule has 0 radical (unpaired) electrons. The van der Waals surface area contributed by atoms with E-state index in [2.05, 4.69) is 5.32 Å². The lowest BCUT2D eigenvalue weighted by atomic mass is 10.1. The first-order chi connectivity index (χ1) is 14.0. The van der Waals surface area contributed by atoms with Gasteiger partial charge in [0, 0.05) is 6.54 Å². The van der Waals surface area contributed by atoms with Crippen LogP contribution < -0.4 is 5.32 Å².